The summed E-state index contributed by atoms with van der Waals surface area (Å²) in [5.74, 6) is -0.280. The molecule has 3 aromatic carbocycles. The summed E-state index contributed by atoms with van der Waals surface area (Å²) >= 11 is 1.56. The zero-order valence-electron chi connectivity index (χ0n) is 17.3. The molecule has 2 heterocycles. The van der Waals surface area contributed by atoms with Crippen LogP contribution < -0.4 is 5.32 Å². The molecule has 0 spiro atoms. The highest BCUT2D eigenvalue weighted by Gasteiger charge is 2.39. The second-order valence-electron chi connectivity index (χ2n) is 7.85. The number of rotatable bonds is 5. The number of fused-ring (bicyclic) bond motifs is 2. The van der Waals surface area contributed by atoms with E-state index in [0.717, 1.165) is 26.8 Å². The van der Waals surface area contributed by atoms with Crippen LogP contribution in [0.3, 0.4) is 0 Å². The second-order valence-corrected chi connectivity index (χ2v) is 10.8. The van der Waals surface area contributed by atoms with E-state index >= 15 is 0 Å². The van der Waals surface area contributed by atoms with E-state index in [4.69, 9.17) is 0 Å². The molecule has 4 aromatic rings. The highest BCUT2D eigenvalue weighted by Crippen LogP contribution is 2.30. The summed E-state index contributed by atoms with van der Waals surface area (Å²) in [6.07, 6.45) is 0.346. The average molecular weight is 463 g/mol. The minimum Gasteiger partial charge on any atom is -0.350 e. The molecule has 32 heavy (non-hydrogen) atoms. The van der Waals surface area contributed by atoms with Gasteiger partial charge in [0.25, 0.3) is 0 Å². The standard InChI is InChI=1S/C25H22N2O3S2/c28-25(26-16-22-10-5-13-31-22)24-15-20-8-3-4-9-21(20)17-27(24)32(29,30)23-12-11-18-6-1-2-7-19(18)14-23/h1-14,24H,15-17H2,(H,26,28). The lowest BCUT2D eigenvalue weighted by molar-refractivity contribution is -0.125. The second kappa shape index (κ2) is 8.50. The smallest absolute Gasteiger partial charge is 0.244 e. The number of hydrogen-bond acceptors (Lipinski definition) is 4. The maximum Gasteiger partial charge on any atom is 0.244 e. The van der Waals surface area contributed by atoms with Crippen molar-refractivity contribution >= 4 is 38.0 Å². The van der Waals surface area contributed by atoms with Gasteiger partial charge >= 0.3 is 0 Å². The third-order valence-corrected chi connectivity index (χ3v) is 8.58. The zero-order chi connectivity index (χ0) is 22.1. The van der Waals surface area contributed by atoms with Crippen molar-refractivity contribution in [3.05, 3.63) is 100 Å². The van der Waals surface area contributed by atoms with Crippen LogP contribution in [0.5, 0.6) is 0 Å². The van der Waals surface area contributed by atoms with Gasteiger partial charge in [-0.25, -0.2) is 8.42 Å². The number of carbonyl (C=O) groups excluding carboxylic acids is 1. The number of sulfonamides is 1. The molecular weight excluding hydrogens is 440 g/mol. The van der Waals surface area contributed by atoms with Crippen LogP contribution in [0.1, 0.15) is 16.0 Å². The van der Waals surface area contributed by atoms with Crippen molar-refractivity contribution in [2.45, 2.75) is 30.4 Å². The third-order valence-electron chi connectivity index (χ3n) is 5.85. The first kappa shape index (κ1) is 20.9. The molecule has 1 unspecified atom stereocenters. The summed E-state index contributed by atoms with van der Waals surface area (Å²) in [5.41, 5.74) is 1.94. The highest BCUT2D eigenvalue weighted by molar-refractivity contribution is 7.89. The van der Waals surface area contributed by atoms with Gasteiger partial charge in [-0.2, -0.15) is 4.31 Å². The van der Waals surface area contributed by atoms with Crippen molar-refractivity contribution in [2.75, 3.05) is 0 Å². The molecule has 1 aliphatic rings. The number of nitrogens with zero attached hydrogens (tertiary/aromatic N) is 1. The summed E-state index contributed by atoms with van der Waals surface area (Å²) in [6, 6.07) is 23.6. The molecule has 162 valence electrons. The molecule has 0 bridgehead atoms. The van der Waals surface area contributed by atoms with Crippen molar-refractivity contribution in [1.29, 1.82) is 0 Å². The van der Waals surface area contributed by atoms with Crippen molar-refractivity contribution in [1.82, 2.24) is 9.62 Å². The predicted molar refractivity (Wildman–Crippen MR) is 127 cm³/mol. The number of nitrogens with one attached hydrogen (secondary N) is 1. The molecule has 1 aromatic heterocycles. The molecule has 7 heteroatoms. The number of amides is 1. The van der Waals surface area contributed by atoms with Crippen LogP contribution in [-0.4, -0.2) is 24.7 Å². The van der Waals surface area contributed by atoms with E-state index in [1.807, 2.05) is 72.1 Å². The fourth-order valence-corrected chi connectivity index (χ4v) is 6.39. The van der Waals surface area contributed by atoms with Crippen LogP contribution >= 0.6 is 11.3 Å². The molecule has 0 aliphatic carbocycles. The molecule has 5 rings (SSSR count). The van der Waals surface area contributed by atoms with Gasteiger partial charge in [0, 0.05) is 11.4 Å². The first-order chi connectivity index (χ1) is 15.5. The Morgan fingerprint density at radius 3 is 2.47 bits per heavy atom. The maximum absolute atomic E-state index is 13.7. The molecule has 1 amide bonds. The first-order valence-electron chi connectivity index (χ1n) is 10.4. The van der Waals surface area contributed by atoms with E-state index in [-0.39, 0.29) is 17.3 Å². The minimum atomic E-state index is -3.89. The monoisotopic (exact) mass is 462 g/mol. The maximum atomic E-state index is 13.7. The van der Waals surface area contributed by atoms with Gasteiger partial charge in [0.1, 0.15) is 6.04 Å². The van der Waals surface area contributed by atoms with E-state index in [1.165, 1.54) is 4.31 Å². The molecule has 0 radical (unpaired) electrons. The van der Waals surface area contributed by atoms with E-state index in [9.17, 15) is 13.2 Å². The summed E-state index contributed by atoms with van der Waals surface area (Å²) in [7, 11) is -3.89. The SMILES string of the molecule is O=C(NCc1cccs1)C1Cc2ccccc2CN1S(=O)(=O)c1ccc2ccccc2c1. The van der Waals surface area contributed by atoms with Crippen LogP contribution in [0.4, 0.5) is 0 Å². The molecule has 0 saturated carbocycles. The van der Waals surface area contributed by atoms with Crippen molar-refractivity contribution in [2.24, 2.45) is 0 Å². The van der Waals surface area contributed by atoms with E-state index in [0.29, 0.717) is 13.0 Å². The van der Waals surface area contributed by atoms with Gasteiger partial charge in [-0.3, -0.25) is 4.79 Å². The molecular formula is C25H22N2O3S2. The normalized spacial score (nSPS) is 16.6. The van der Waals surface area contributed by atoms with Crippen LogP contribution in [-0.2, 0) is 34.3 Å². The lowest BCUT2D eigenvalue weighted by Crippen LogP contribution is -2.52. The minimum absolute atomic E-state index is 0.169. The van der Waals surface area contributed by atoms with Gasteiger partial charge < -0.3 is 5.32 Å². The van der Waals surface area contributed by atoms with Gasteiger partial charge in [-0.1, -0.05) is 60.7 Å². The Labute approximate surface area is 191 Å². The van der Waals surface area contributed by atoms with Gasteiger partial charge in [0.15, 0.2) is 0 Å². The van der Waals surface area contributed by atoms with E-state index < -0.39 is 16.1 Å². The van der Waals surface area contributed by atoms with Crippen molar-refractivity contribution < 1.29 is 13.2 Å². The summed E-state index contributed by atoms with van der Waals surface area (Å²) < 4.78 is 28.8. The molecule has 0 fully saturated rings. The van der Waals surface area contributed by atoms with Gasteiger partial charge in [-0.05, 0) is 51.9 Å². The topological polar surface area (TPSA) is 66.5 Å². The van der Waals surface area contributed by atoms with Gasteiger partial charge in [-0.15, -0.1) is 11.3 Å². The fraction of sp³-hybridized carbons (Fsp3) is 0.160. The van der Waals surface area contributed by atoms with Crippen LogP contribution in [0.25, 0.3) is 10.8 Å². The Kier molecular flexibility index (Phi) is 5.55. The largest absolute Gasteiger partial charge is 0.350 e. The number of benzene rings is 3. The molecule has 0 saturated heterocycles. The average Bonchev–Trinajstić information content (AvgIpc) is 3.35. The van der Waals surface area contributed by atoms with Gasteiger partial charge in [0.05, 0.1) is 11.4 Å². The number of carbonyl (C=O) groups is 1. The molecule has 1 aliphatic heterocycles. The molecule has 1 atom stereocenters. The Morgan fingerprint density at radius 1 is 0.938 bits per heavy atom. The lowest BCUT2D eigenvalue weighted by atomic mass is 9.95. The predicted octanol–water partition coefficient (Wildman–Crippen LogP) is 4.33. The third kappa shape index (κ3) is 3.95. The Morgan fingerprint density at radius 2 is 1.69 bits per heavy atom. The fourth-order valence-electron chi connectivity index (χ4n) is 4.14. The zero-order valence-corrected chi connectivity index (χ0v) is 18.9. The highest BCUT2D eigenvalue weighted by atomic mass is 32.2. The Bertz CT molecular complexity index is 1380. The van der Waals surface area contributed by atoms with Crippen molar-refractivity contribution in [3.63, 3.8) is 0 Å². The number of hydrogen-bond donors (Lipinski definition) is 1. The Balaban J connectivity index is 1.50. The van der Waals surface area contributed by atoms with E-state index in [2.05, 4.69) is 5.32 Å². The van der Waals surface area contributed by atoms with E-state index in [1.54, 1.807) is 23.5 Å². The quantitative estimate of drug-likeness (QED) is 0.480. The van der Waals surface area contributed by atoms with Crippen LogP contribution in [0.15, 0.2) is 89.1 Å². The lowest BCUT2D eigenvalue weighted by Gasteiger charge is -2.35. The first-order valence-corrected chi connectivity index (χ1v) is 12.7. The number of thiophene rings is 1. The van der Waals surface area contributed by atoms with Crippen LogP contribution in [0, 0.1) is 0 Å². The summed E-state index contributed by atoms with van der Waals surface area (Å²) in [5, 5.41) is 6.71. The van der Waals surface area contributed by atoms with Crippen molar-refractivity contribution in [3.8, 4) is 0 Å². The van der Waals surface area contributed by atoms with Gasteiger partial charge in [0.2, 0.25) is 15.9 Å². The summed E-state index contributed by atoms with van der Waals surface area (Å²) in [6.45, 7) is 0.556. The molecule has 5 nitrogen and oxygen atoms in total. The van der Waals surface area contributed by atoms with Crippen LogP contribution in [0.2, 0.25) is 0 Å². The Hall–Kier alpha value is -3.00. The molecule has 1 N–H and O–H groups in total. The summed E-state index contributed by atoms with van der Waals surface area (Å²) in [4.78, 5) is 14.4.